The van der Waals surface area contributed by atoms with Gasteiger partial charge in [-0.05, 0) is 24.6 Å². The third-order valence-corrected chi connectivity index (χ3v) is 4.35. The van der Waals surface area contributed by atoms with Gasteiger partial charge in [0.2, 0.25) is 0 Å². The molecule has 0 bridgehead atoms. The molecule has 2 nitrogen and oxygen atoms in total. The van der Waals surface area contributed by atoms with Crippen molar-refractivity contribution in [3.63, 3.8) is 0 Å². The molecule has 0 unspecified atom stereocenters. The van der Waals surface area contributed by atoms with Gasteiger partial charge in [-0.3, -0.25) is 4.90 Å². The molecule has 0 heterocycles. The van der Waals surface area contributed by atoms with Gasteiger partial charge in [0.1, 0.15) is 0 Å². The Morgan fingerprint density at radius 1 is 0.952 bits per heavy atom. The van der Waals surface area contributed by atoms with Gasteiger partial charge in [0.05, 0.1) is 6.61 Å². The molecule has 0 aromatic heterocycles. The molecule has 0 fully saturated rings. The van der Waals surface area contributed by atoms with Crippen LogP contribution in [0.15, 0.2) is 59.5 Å². The molecule has 21 heavy (non-hydrogen) atoms. The van der Waals surface area contributed by atoms with Gasteiger partial charge in [0.25, 0.3) is 0 Å². The van der Waals surface area contributed by atoms with Gasteiger partial charge in [-0.2, -0.15) is 0 Å². The Labute approximate surface area is 131 Å². The van der Waals surface area contributed by atoms with Crippen LogP contribution in [0.4, 0.5) is 0 Å². The zero-order valence-corrected chi connectivity index (χ0v) is 13.4. The van der Waals surface area contributed by atoms with Crippen molar-refractivity contribution in [3.8, 4) is 0 Å². The van der Waals surface area contributed by atoms with Crippen molar-refractivity contribution in [2.45, 2.75) is 18.4 Å². The molecule has 0 spiro atoms. The maximum Gasteiger partial charge on any atom is 0.0558 e. The Bertz CT molecular complexity index is 513. The normalized spacial score (nSPS) is 11.0. The lowest BCUT2D eigenvalue weighted by Crippen LogP contribution is -2.28. The predicted octanol–water partition coefficient (Wildman–Crippen LogP) is 3.58. The first-order valence-electron chi connectivity index (χ1n) is 7.34. The molecule has 0 radical (unpaired) electrons. The molecular weight excluding hydrogens is 278 g/mol. The van der Waals surface area contributed by atoms with Gasteiger partial charge in [0.15, 0.2) is 0 Å². The van der Waals surface area contributed by atoms with Crippen LogP contribution in [0.25, 0.3) is 0 Å². The van der Waals surface area contributed by atoms with Crippen LogP contribution in [-0.4, -0.2) is 35.5 Å². The van der Waals surface area contributed by atoms with Crippen LogP contribution >= 0.6 is 11.8 Å². The van der Waals surface area contributed by atoms with Gasteiger partial charge in [-0.25, -0.2) is 0 Å². The van der Waals surface area contributed by atoms with E-state index in [9.17, 15) is 5.11 Å². The Morgan fingerprint density at radius 2 is 1.67 bits per heavy atom. The lowest BCUT2D eigenvalue weighted by Gasteiger charge is -2.21. The van der Waals surface area contributed by atoms with Gasteiger partial charge in [0, 0.05) is 30.3 Å². The summed E-state index contributed by atoms with van der Waals surface area (Å²) in [5, 5.41) is 9.21. The van der Waals surface area contributed by atoms with Crippen molar-refractivity contribution in [1.82, 2.24) is 4.90 Å². The monoisotopic (exact) mass is 301 g/mol. The maximum atomic E-state index is 9.21. The van der Waals surface area contributed by atoms with Crippen LogP contribution in [-0.2, 0) is 6.54 Å². The lowest BCUT2D eigenvalue weighted by molar-refractivity contribution is 0.198. The summed E-state index contributed by atoms with van der Waals surface area (Å²) < 4.78 is 0. The highest BCUT2D eigenvalue weighted by atomic mass is 32.2. The second-order valence-electron chi connectivity index (χ2n) is 5.15. The van der Waals surface area contributed by atoms with Crippen LogP contribution in [0, 0.1) is 6.92 Å². The first-order chi connectivity index (χ1) is 10.3. The standard InChI is InChI=1S/C18H23NOS/c1-16-7-9-18(10-8-16)21-14-12-19(11-13-20)15-17-5-3-2-4-6-17/h2-10,20H,11-15H2,1H3. The number of benzene rings is 2. The summed E-state index contributed by atoms with van der Waals surface area (Å²) in [6, 6.07) is 19.1. The topological polar surface area (TPSA) is 23.5 Å². The molecule has 0 atom stereocenters. The number of hydrogen-bond donors (Lipinski definition) is 1. The number of rotatable bonds is 8. The molecule has 0 amide bonds. The van der Waals surface area contributed by atoms with E-state index in [0.717, 1.165) is 25.4 Å². The summed E-state index contributed by atoms with van der Waals surface area (Å²) in [7, 11) is 0. The van der Waals surface area contributed by atoms with Crippen molar-refractivity contribution in [2.75, 3.05) is 25.4 Å². The van der Waals surface area contributed by atoms with E-state index in [2.05, 4.69) is 60.4 Å². The molecule has 0 aliphatic carbocycles. The first kappa shape index (κ1) is 16.1. The number of hydrogen-bond acceptors (Lipinski definition) is 3. The fraction of sp³-hybridized carbons (Fsp3) is 0.333. The van der Waals surface area contributed by atoms with Gasteiger partial charge in [-0.15, -0.1) is 11.8 Å². The smallest absolute Gasteiger partial charge is 0.0558 e. The summed E-state index contributed by atoms with van der Waals surface area (Å²) in [5.74, 6) is 1.04. The Hall–Kier alpha value is -1.29. The second-order valence-corrected chi connectivity index (χ2v) is 6.32. The van der Waals surface area contributed by atoms with Crippen molar-refractivity contribution in [3.05, 3.63) is 65.7 Å². The third-order valence-electron chi connectivity index (χ3n) is 3.36. The van der Waals surface area contributed by atoms with E-state index in [-0.39, 0.29) is 6.61 Å². The van der Waals surface area contributed by atoms with Crippen molar-refractivity contribution in [1.29, 1.82) is 0 Å². The average molecular weight is 301 g/mol. The minimum atomic E-state index is 0.210. The van der Waals surface area contributed by atoms with Crippen LogP contribution in [0.2, 0.25) is 0 Å². The molecule has 0 aliphatic heterocycles. The zero-order valence-electron chi connectivity index (χ0n) is 12.5. The first-order valence-corrected chi connectivity index (χ1v) is 8.33. The fourth-order valence-corrected chi connectivity index (χ4v) is 3.09. The van der Waals surface area contributed by atoms with Crippen molar-refractivity contribution < 1.29 is 5.11 Å². The molecule has 1 N–H and O–H groups in total. The number of thioether (sulfide) groups is 1. The van der Waals surface area contributed by atoms with E-state index >= 15 is 0 Å². The van der Waals surface area contributed by atoms with Crippen LogP contribution in [0.1, 0.15) is 11.1 Å². The summed E-state index contributed by atoms with van der Waals surface area (Å²) in [4.78, 5) is 3.61. The van der Waals surface area contributed by atoms with E-state index in [1.165, 1.54) is 16.0 Å². The number of aryl methyl sites for hydroxylation is 1. The molecule has 2 aromatic rings. The molecule has 2 aromatic carbocycles. The summed E-state index contributed by atoms with van der Waals surface area (Å²) in [6.07, 6.45) is 0. The SMILES string of the molecule is Cc1ccc(SCCN(CCO)Cc2ccccc2)cc1. The van der Waals surface area contributed by atoms with Crippen LogP contribution < -0.4 is 0 Å². The highest BCUT2D eigenvalue weighted by Gasteiger charge is 2.05. The van der Waals surface area contributed by atoms with E-state index in [4.69, 9.17) is 0 Å². The number of aliphatic hydroxyl groups is 1. The zero-order chi connectivity index (χ0) is 14.9. The Balaban J connectivity index is 1.81. The van der Waals surface area contributed by atoms with Crippen molar-refractivity contribution in [2.24, 2.45) is 0 Å². The predicted molar refractivity (Wildman–Crippen MR) is 90.7 cm³/mol. The minimum Gasteiger partial charge on any atom is -0.395 e. The quantitative estimate of drug-likeness (QED) is 0.754. The number of nitrogens with zero attached hydrogens (tertiary/aromatic N) is 1. The van der Waals surface area contributed by atoms with E-state index in [1.54, 1.807) is 0 Å². The van der Waals surface area contributed by atoms with Gasteiger partial charge >= 0.3 is 0 Å². The molecule has 112 valence electrons. The largest absolute Gasteiger partial charge is 0.395 e. The average Bonchev–Trinajstić information content (AvgIpc) is 2.50. The Morgan fingerprint density at radius 3 is 2.33 bits per heavy atom. The lowest BCUT2D eigenvalue weighted by atomic mass is 10.2. The number of aliphatic hydroxyl groups excluding tert-OH is 1. The second kappa shape index (κ2) is 8.88. The van der Waals surface area contributed by atoms with E-state index in [0.29, 0.717) is 0 Å². The van der Waals surface area contributed by atoms with E-state index < -0.39 is 0 Å². The molecule has 0 saturated heterocycles. The molecule has 0 saturated carbocycles. The van der Waals surface area contributed by atoms with E-state index in [1.807, 2.05) is 17.8 Å². The third kappa shape index (κ3) is 5.92. The van der Waals surface area contributed by atoms with Gasteiger partial charge < -0.3 is 5.11 Å². The minimum absolute atomic E-state index is 0.210. The molecule has 3 heteroatoms. The van der Waals surface area contributed by atoms with Crippen LogP contribution in [0.3, 0.4) is 0 Å². The summed E-state index contributed by atoms with van der Waals surface area (Å²) in [6.45, 7) is 4.92. The van der Waals surface area contributed by atoms with Crippen LogP contribution in [0.5, 0.6) is 0 Å². The summed E-state index contributed by atoms with van der Waals surface area (Å²) in [5.41, 5.74) is 2.59. The molecule has 0 aliphatic rings. The van der Waals surface area contributed by atoms with Gasteiger partial charge in [-0.1, -0.05) is 48.0 Å². The highest BCUT2D eigenvalue weighted by Crippen LogP contribution is 2.18. The highest BCUT2D eigenvalue weighted by molar-refractivity contribution is 7.99. The summed E-state index contributed by atoms with van der Waals surface area (Å²) >= 11 is 1.87. The fourth-order valence-electron chi connectivity index (χ4n) is 2.18. The Kier molecular flexibility index (Phi) is 6.80. The van der Waals surface area contributed by atoms with Crippen molar-refractivity contribution >= 4 is 11.8 Å². The molecule has 2 rings (SSSR count). The maximum absolute atomic E-state index is 9.21. The molecular formula is C18H23NOS.